The first-order valence-electron chi connectivity index (χ1n) is 6.47. The van der Waals surface area contributed by atoms with Crippen molar-refractivity contribution in [1.82, 2.24) is 9.78 Å². The molecule has 1 aliphatic carbocycles. The van der Waals surface area contributed by atoms with Crippen LogP contribution in [0.5, 0.6) is 0 Å². The third-order valence-corrected chi connectivity index (χ3v) is 6.29. The zero-order valence-electron chi connectivity index (χ0n) is 11.9. The van der Waals surface area contributed by atoms with Gasteiger partial charge in [-0.2, -0.15) is 5.10 Å². The summed E-state index contributed by atoms with van der Waals surface area (Å²) in [6.45, 7) is 1.91. The van der Waals surface area contributed by atoms with Gasteiger partial charge in [0.25, 0.3) is 0 Å². The number of aryl methyl sites for hydroxylation is 2. The predicted molar refractivity (Wildman–Crippen MR) is 80.7 cm³/mol. The zero-order valence-corrected chi connectivity index (χ0v) is 14.3. The molecular weight excluding hydrogens is 344 g/mol. The van der Waals surface area contributed by atoms with Gasteiger partial charge < -0.3 is 4.74 Å². The quantitative estimate of drug-likeness (QED) is 0.726. The molecule has 1 aromatic rings. The van der Waals surface area contributed by atoms with Gasteiger partial charge in [0, 0.05) is 23.6 Å². The molecule has 0 N–H and O–H groups in total. The Bertz CT molecular complexity index is 552. The number of ether oxygens (including phenoxy) is 1. The van der Waals surface area contributed by atoms with Crippen LogP contribution in [0.2, 0.25) is 0 Å². The van der Waals surface area contributed by atoms with Crippen LogP contribution in [0.15, 0.2) is 4.47 Å². The van der Waals surface area contributed by atoms with Gasteiger partial charge in [0.15, 0.2) is 0 Å². The number of hydrogen-bond acceptors (Lipinski definition) is 4. The molecule has 0 radical (unpaired) electrons. The lowest BCUT2D eigenvalue weighted by atomic mass is 10.1. The third kappa shape index (κ3) is 3.49. The fraction of sp³-hybridized carbons (Fsp3) is 0.692. The molecule has 1 heterocycles. The SMILES string of the molecule is COC(=O)CC1(CS(=O)Cc2c(Br)c(C)nn2C)CC1. The summed E-state index contributed by atoms with van der Waals surface area (Å²) in [6.07, 6.45) is 2.29. The van der Waals surface area contributed by atoms with Gasteiger partial charge in [0.1, 0.15) is 0 Å². The smallest absolute Gasteiger partial charge is 0.306 e. The maximum absolute atomic E-state index is 12.3. The summed E-state index contributed by atoms with van der Waals surface area (Å²) in [5.74, 6) is 0.802. The first-order valence-corrected chi connectivity index (χ1v) is 8.75. The lowest BCUT2D eigenvalue weighted by molar-refractivity contribution is -0.141. The molecule has 0 bridgehead atoms. The molecule has 1 unspecified atom stereocenters. The number of carbonyl (C=O) groups excluding carboxylic acids is 1. The second-order valence-electron chi connectivity index (χ2n) is 5.45. The Morgan fingerprint density at radius 1 is 1.55 bits per heavy atom. The van der Waals surface area contributed by atoms with Crippen molar-refractivity contribution in [3.05, 3.63) is 15.9 Å². The molecule has 1 aromatic heterocycles. The highest BCUT2D eigenvalue weighted by atomic mass is 79.9. The van der Waals surface area contributed by atoms with Crippen molar-refractivity contribution >= 4 is 32.7 Å². The van der Waals surface area contributed by atoms with E-state index in [0.717, 1.165) is 28.7 Å². The highest BCUT2D eigenvalue weighted by molar-refractivity contribution is 9.10. The van der Waals surface area contributed by atoms with Crippen molar-refractivity contribution in [2.75, 3.05) is 12.9 Å². The number of rotatable bonds is 6. The molecular formula is C13H19BrN2O3S. The topological polar surface area (TPSA) is 61.2 Å². The van der Waals surface area contributed by atoms with Gasteiger partial charge in [-0.25, -0.2) is 0 Å². The van der Waals surface area contributed by atoms with Crippen LogP contribution in [-0.4, -0.2) is 32.8 Å². The fourth-order valence-corrected chi connectivity index (χ4v) is 4.78. The van der Waals surface area contributed by atoms with E-state index in [9.17, 15) is 9.00 Å². The van der Waals surface area contributed by atoms with Gasteiger partial charge in [-0.15, -0.1) is 0 Å². The van der Waals surface area contributed by atoms with Crippen LogP contribution in [0.4, 0.5) is 0 Å². The highest BCUT2D eigenvalue weighted by Crippen LogP contribution is 2.49. The van der Waals surface area contributed by atoms with Gasteiger partial charge >= 0.3 is 5.97 Å². The predicted octanol–water partition coefficient (Wildman–Crippen LogP) is 2.08. The second-order valence-corrected chi connectivity index (χ2v) is 7.70. The average molecular weight is 363 g/mol. The van der Waals surface area contributed by atoms with Crippen molar-refractivity contribution in [2.24, 2.45) is 12.5 Å². The van der Waals surface area contributed by atoms with E-state index in [1.54, 1.807) is 4.68 Å². The van der Waals surface area contributed by atoms with Crippen LogP contribution < -0.4 is 0 Å². The minimum atomic E-state index is -1.00. The van der Waals surface area contributed by atoms with Crippen molar-refractivity contribution < 1.29 is 13.7 Å². The number of aromatic nitrogens is 2. The average Bonchev–Trinajstić information content (AvgIpc) is 3.08. The summed E-state index contributed by atoms with van der Waals surface area (Å²) in [5.41, 5.74) is 1.74. The van der Waals surface area contributed by atoms with E-state index in [-0.39, 0.29) is 11.4 Å². The molecule has 1 aliphatic rings. The lowest BCUT2D eigenvalue weighted by Crippen LogP contribution is -2.19. The van der Waals surface area contributed by atoms with E-state index in [1.807, 2.05) is 14.0 Å². The number of halogens is 1. The molecule has 1 fully saturated rings. The van der Waals surface area contributed by atoms with Gasteiger partial charge in [-0.05, 0) is 41.1 Å². The van der Waals surface area contributed by atoms with Crippen LogP contribution in [0.3, 0.4) is 0 Å². The lowest BCUT2D eigenvalue weighted by Gasteiger charge is -2.13. The van der Waals surface area contributed by atoms with Crippen molar-refractivity contribution in [2.45, 2.75) is 31.9 Å². The zero-order chi connectivity index (χ0) is 14.9. The molecule has 0 aromatic carbocycles. The Balaban J connectivity index is 1.98. The van der Waals surface area contributed by atoms with E-state index in [2.05, 4.69) is 21.0 Å². The number of esters is 1. The van der Waals surface area contributed by atoms with E-state index >= 15 is 0 Å². The summed E-state index contributed by atoms with van der Waals surface area (Å²) >= 11 is 3.48. The largest absolute Gasteiger partial charge is 0.469 e. The Hall–Kier alpha value is -0.690. The first kappa shape index (κ1) is 15.7. The van der Waals surface area contributed by atoms with E-state index < -0.39 is 10.8 Å². The summed E-state index contributed by atoms with van der Waals surface area (Å²) < 4.78 is 19.7. The van der Waals surface area contributed by atoms with Crippen molar-refractivity contribution in [3.63, 3.8) is 0 Å². The maximum atomic E-state index is 12.3. The molecule has 5 nitrogen and oxygen atoms in total. The minimum absolute atomic E-state index is 0.0991. The second kappa shape index (κ2) is 5.97. The van der Waals surface area contributed by atoms with Crippen LogP contribution in [0.1, 0.15) is 30.7 Å². The molecule has 112 valence electrons. The number of nitrogens with zero attached hydrogens (tertiary/aromatic N) is 2. The summed E-state index contributed by atoms with van der Waals surface area (Å²) in [5, 5.41) is 4.30. The number of carbonyl (C=O) groups is 1. The number of hydrogen-bond donors (Lipinski definition) is 0. The molecule has 0 amide bonds. The van der Waals surface area contributed by atoms with Gasteiger partial charge in [0.2, 0.25) is 0 Å². The van der Waals surface area contributed by atoms with E-state index in [4.69, 9.17) is 4.74 Å². The fourth-order valence-electron chi connectivity index (χ4n) is 2.31. The van der Waals surface area contributed by atoms with Gasteiger partial charge in [-0.3, -0.25) is 13.7 Å². The monoisotopic (exact) mass is 362 g/mol. The Morgan fingerprint density at radius 3 is 2.65 bits per heavy atom. The molecule has 0 saturated heterocycles. The highest BCUT2D eigenvalue weighted by Gasteiger charge is 2.46. The van der Waals surface area contributed by atoms with E-state index in [1.165, 1.54) is 7.11 Å². The summed E-state index contributed by atoms with van der Waals surface area (Å²) in [7, 11) is 2.24. The third-order valence-electron chi connectivity index (χ3n) is 3.73. The Morgan fingerprint density at radius 2 is 2.20 bits per heavy atom. The molecule has 1 saturated carbocycles. The maximum Gasteiger partial charge on any atom is 0.306 e. The molecule has 20 heavy (non-hydrogen) atoms. The van der Waals surface area contributed by atoms with Crippen LogP contribution >= 0.6 is 15.9 Å². The normalized spacial score (nSPS) is 17.8. The summed E-state index contributed by atoms with van der Waals surface area (Å²) in [6, 6.07) is 0. The van der Waals surface area contributed by atoms with Gasteiger partial charge in [0.05, 0.1) is 35.1 Å². The Labute approximate surface area is 129 Å². The molecule has 1 atom stereocenters. The van der Waals surface area contributed by atoms with Crippen LogP contribution in [0, 0.1) is 12.3 Å². The molecule has 0 spiro atoms. The molecule has 0 aliphatic heterocycles. The minimum Gasteiger partial charge on any atom is -0.469 e. The van der Waals surface area contributed by atoms with Gasteiger partial charge in [-0.1, -0.05) is 0 Å². The van der Waals surface area contributed by atoms with Crippen LogP contribution in [-0.2, 0) is 33.1 Å². The summed E-state index contributed by atoms with van der Waals surface area (Å²) in [4.78, 5) is 11.4. The molecule has 2 rings (SSSR count). The van der Waals surface area contributed by atoms with Crippen molar-refractivity contribution in [3.8, 4) is 0 Å². The van der Waals surface area contributed by atoms with Crippen molar-refractivity contribution in [1.29, 1.82) is 0 Å². The Kier molecular flexibility index (Phi) is 4.69. The standard InChI is InChI=1S/C13H19BrN2O3S/c1-9-12(14)10(16(2)15-9)7-20(18)8-13(4-5-13)6-11(17)19-3/h4-8H2,1-3H3. The van der Waals surface area contributed by atoms with E-state index in [0.29, 0.717) is 17.9 Å². The van der Waals surface area contributed by atoms with Crippen LogP contribution in [0.25, 0.3) is 0 Å². The molecule has 7 heteroatoms. The number of methoxy groups -OCH3 is 1. The first-order chi connectivity index (χ1) is 9.37.